The van der Waals surface area contributed by atoms with E-state index in [1.165, 1.54) is 31.0 Å². The zero-order chi connectivity index (χ0) is 30.2. The molecule has 40 heavy (non-hydrogen) atoms. The third kappa shape index (κ3) is 7.38. The fraction of sp³-hybridized carbons (Fsp3) is 0.500. The quantitative estimate of drug-likeness (QED) is 0.356. The minimum Gasteiger partial charge on any atom is -0.321 e. The number of rotatable bonds is 6. The van der Waals surface area contributed by atoms with E-state index in [4.69, 9.17) is 0 Å². The van der Waals surface area contributed by atoms with Gasteiger partial charge >= 0.3 is 24.6 Å². The summed E-state index contributed by atoms with van der Waals surface area (Å²) < 4.78 is 132. The highest BCUT2D eigenvalue weighted by Crippen LogP contribution is 2.41. The number of carbonyl (C=O) groups is 1. The second-order valence-electron chi connectivity index (χ2n) is 9.84. The largest absolute Gasteiger partial charge is 0.416 e. The average Bonchev–Trinajstić information content (AvgIpc) is 3.23. The first-order valence-electron chi connectivity index (χ1n) is 12.2. The molecule has 0 unspecified atom stereocenters. The van der Waals surface area contributed by atoms with Crippen LogP contribution < -0.4 is 5.32 Å². The van der Waals surface area contributed by atoms with Crippen LogP contribution in [0.4, 0.5) is 48.7 Å². The van der Waals surface area contributed by atoms with Gasteiger partial charge in [0.15, 0.2) is 0 Å². The Morgan fingerprint density at radius 1 is 1.00 bits per heavy atom. The molecule has 2 aromatic carbocycles. The Bertz CT molecular complexity index is 1180. The summed E-state index contributed by atoms with van der Waals surface area (Å²) in [6.07, 6.45) is -14.4. The topological polar surface area (TPSA) is 35.6 Å². The lowest BCUT2D eigenvalue weighted by molar-refractivity contribution is -0.143. The van der Waals surface area contributed by atoms with Crippen molar-refractivity contribution < 1.29 is 48.7 Å². The van der Waals surface area contributed by atoms with Crippen LogP contribution in [0.5, 0.6) is 0 Å². The van der Waals surface area contributed by atoms with E-state index in [1.807, 2.05) is 0 Å². The molecule has 1 aliphatic heterocycles. The molecular weight excluding hydrogens is 560 g/mol. The van der Waals surface area contributed by atoms with Crippen LogP contribution in [0.1, 0.15) is 53.2 Å². The van der Waals surface area contributed by atoms with Crippen molar-refractivity contribution in [2.45, 2.75) is 50.9 Å². The Hall–Kier alpha value is -3.03. The van der Waals surface area contributed by atoms with Gasteiger partial charge in [-0.3, -0.25) is 0 Å². The maximum atomic E-state index is 13.8. The highest BCUT2D eigenvalue weighted by molar-refractivity contribution is 5.76. The molecule has 1 saturated heterocycles. The number of carbonyl (C=O) groups excluding carboxylic acids is 1. The van der Waals surface area contributed by atoms with E-state index in [-0.39, 0.29) is 25.6 Å². The van der Waals surface area contributed by atoms with Crippen LogP contribution in [0.15, 0.2) is 36.4 Å². The number of likely N-dealkylation sites (tertiary alicyclic amines) is 1. The standard InChI is InChI=1S/C26H27F10N3O/c1-14-8-20(27)4-5-21(14)22-16(12-37-13-24(28,29)30)6-7-39(22)23(40)38(3)15(2)17-9-18(25(31,32)33)11-19(10-17)26(34,35)36/h4-5,8-11,15-16,22,37H,6-7,12-13H2,1-3H3/t15-,16+,22-/m1/s1. The van der Waals surface area contributed by atoms with Gasteiger partial charge in [0, 0.05) is 20.1 Å². The van der Waals surface area contributed by atoms with E-state index in [0.29, 0.717) is 23.3 Å². The van der Waals surface area contributed by atoms with Gasteiger partial charge in [-0.05, 0) is 73.2 Å². The summed E-state index contributed by atoms with van der Waals surface area (Å²) in [5, 5.41) is 2.31. The number of nitrogens with zero attached hydrogens (tertiary/aromatic N) is 2. The van der Waals surface area contributed by atoms with E-state index in [9.17, 15) is 48.7 Å². The Morgan fingerprint density at radius 3 is 2.08 bits per heavy atom. The predicted molar refractivity (Wildman–Crippen MR) is 126 cm³/mol. The van der Waals surface area contributed by atoms with Crippen molar-refractivity contribution in [1.82, 2.24) is 15.1 Å². The zero-order valence-electron chi connectivity index (χ0n) is 21.6. The van der Waals surface area contributed by atoms with Gasteiger partial charge in [0.25, 0.3) is 0 Å². The molecule has 0 radical (unpaired) electrons. The molecule has 1 N–H and O–H groups in total. The van der Waals surface area contributed by atoms with Crippen molar-refractivity contribution in [1.29, 1.82) is 0 Å². The van der Waals surface area contributed by atoms with E-state index < -0.39 is 71.6 Å². The van der Waals surface area contributed by atoms with Crippen LogP contribution in [-0.4, -0.2) is 48.7 Å². The number of hydrogen-bond donors (Lipinski definition) is 1. The Balaban J connectivity index is 1.94. The Kier molecular flexibility index (Phi) is 9.02. The van der Waals surface area contributed by atoms with Crippen molar-refractivity contribution >= 4 is 6.03 Å². The summed E-state index contributed by atoms with van der Waals surface area (Å²) in [5.41, 5.74) is -2.57. The molecule has 0 bridgehead atoms. The Labute approximate surface area is 223 Å². The number of nitrogens with one attached hydrogen (secondary N) is 1. The highest BCUT2D eigenvalue weighted by atomic mass is 19.4. The van der Waals surface area contributed by atoms with Gasteiger partial charge in [0.1, 0.15) is 5.82 Å². The van der Waals surface area contributed by atoms with Crippen LogP contribution >= 0.6 is 0 Å². The smallest absolute Gasteiger partial charge is 0.321 e. The molecule has 4 nitrogen and oxygen atoms in total. The van der Waals surface area contributed by atoms with Crippen molar-refractivity contribution in [3.63, 3.8) is 0 Å². The fourth-order valence-corrected chi connectivity index (χ4v) is 4.89. The second-order valence-corrected chi connectivity index (χ2v) is 9.84. The number of amides is 2. The fourth-order valence-electron chi connectivity index (χ4n) is 4.89. The predicted octanol–water partition coefficient (Wildman–Crippen LogP) is 7.50. The molecule has 3 atom stereocenters. The summed E-state index contributed by atoms with van der Waals surface area (Å²) in [5.74, 6) is -1.11. The highest BCUT2D eigenvalue weighted by Gasteiger charge is 2.42. The van der Waals surface area contributed by atoms with Gasteiger partial charge in [-0.1, -0.05) is 6.07 Å². The summed E-state index contributed by atoms with van der Waals surface area (Å²) >= 11 is 0. The number of aryl methyl sites for hydroxylation is 1. The first-order valence-corrected chi connectivity index (χ1v) is 12.2. The molecule has 1 fully saturated rings. The van der Waals surface area contributed by atoms with Crippen LogP contribution in [0.2, 0.25) is 0 Å². The number of alkyl halides is 9. The van der Waals surface area contributed by atoms with Crippen LogP contribution in [0.25, 0.3) is 0 Å². The maximum Gasteiger partial charge on any atom is 0.416 e. The lowest BCUT2D eigenvalue weighted by Crippen LogP contribution is -2.43. The molecule has 14 heteroatoms. The summed E-state index contributed by atoms with van der Waals surface area (Å²) in [6, 6.07) is 1.99. The number of halogens is 10. The molecule has 0 aromatic heterocycles. The first-order chi connectivity index (χ1) is 18.3. The monoisotopic (exact) mass is 587 g/mol. The van der Waals surface area contributed by atoms with Gasteiger partial charge in [-0.25, -0.2) is 9.18 Å². The average molecular weight is 588 g/mol. The third-order valence-corrected chi connectivity index (χ3v) is 7.03. The minimum absolute atomic E-state index is 0.00953. The molecule has 2 amide bonds. The molecule has 1 heterocycles. The number of urea groups is 1. The third-order valence-electron chi connectivity index (χ3n) is 7.03. The molecule has 3 rings (SSSR count). The van der Waals surface area contributed by atoms with E-state index >= 15 is 0 Å². The van der Waals surface area contributed by atoms with Crippen LogP contribution in [0.3, 0.4) is 0 Å². The lowest BCUT2D eigenvalue weighted by atomic mass is 9.90. The molecule has 0 saturated carbocycles. The number of benzene rings is 2. The first kappa shape index (κ1) is 31.5. The summed E-state index contributed by atoms with van der Waals surface area (Å²) in [7, 11) is 1.21. The van der Waals surface area contributed by atoms with E-state index in [0.717, 1.165) is 11.0 Å². The van der Waals surface area contributed by atoms with E-state index in [2.05, 4.69) is 5.32 Å². The van der Waals surface area contributed by atoms with Gasteiger partial charge in [-0.2, -0.15) is 39.5 Å². The van der Waals surface area contributed by atoms with Gasteiger partial charge in [0.05, 0.1) is 29.8 Å². The molecular formula is C26H27F10N3O. The lowest BCUT2D eigenvalue weighted by Gasteiger charge is -2.35. The molecule has 1 aliphatic rings. The second kappa shape index (κ2) is 11.5. The molecule has 0 spiro atoms. The normalized spacial score (nSPS) is 19.2. The maximum absolute atomic E-state index is 13.8. The molecule has 2 aromatic rings. The van der Waals surface area contributed by atoms with Crippen molar-refractivity contribution in [2.24, 2.45) is 5.92 Å². The summed E-state index contributed by atoms with van der Waals surface area (Å²) in [4.78, 5) is 15.9. The van der Waals surface area contributed by atoms with Gasteiger partial charge in [-0.15, -0.1) is 0 Å². The van der Waals surface area contributed by atoms with Crippen molar-refractivity contribution in [2.75, 3.05) is 26.7 Å². The van der Waals surface area contributed by atoms with Crippen LogP contribution in [-0.2, 0) is 12.4 Å². The molecule has 0 aliphatic carbocycles. The summed E-state index contributed by atoms with van der Waals surface area (Å²) in [6.45, 7) is 1.46. The SMILES string of the molecule is Cc1cc(F)ccc1[C@H]1[C@H](CNCC(F)(F)F)CCN1C(=O)N(C)[C@H](C)c1cc(C(F)(F)F)cc(C(F)(F)F)c1. The van der Waals surface area contributed by atoms with Crippen LogP contribution in [0, 0.1) is 18.7 Å². The van der Waals surface area contributed by atoms with Gasteiger partial charge in [0.2, 0.25) is 0 Å². The molecule has 222 valence electrons. The zero-order valence-corrected chi connectivity index (χ0v) is 21.6. The van der Waals surface area contributed by atoms with E-state index in [1.54, 1.807) is 6.92 Å². The number of hydrogen-bond acceptors (Lipinski definition) is 2. The van der Waals surface area contributed by atoms with Crippen molar-refractivity contribution in [3.05, 3.63) is 70.0 Å². The van der Waals surface area contributed by atoms with Gasteiger partial charge < -0.3 is 15.1 Å². The van der Waals surface area contributed by atoms with Crippen molar-refractivity contribution in [3.8, 4) is 0 Å². The Morgan fingerprint density at radius 2 is 1.57 bits per heavy atom. The minimum atomic E-state index is -5.07.